The van der Waals surface area contributed by atoms with Crippen molar-refractivity contribution in [3.8, 4) is 0 Å². The number of benzene rings is 1. The molecule has 0 aliphatic carbocycles. The number of thiophene rings is 1. The number of fused-ring (bicyclic) bond motifs is 1. The van der Waals surface area contributed by atoms with Gasteiger partial charge in [0, 0.05) is 26.9 Å². The number of aryl methyl sites for hydroxylation is 2. The molecule has 2 heterocycles. The van der Waals surface area contributed by atoms with Crippen molar-refractivity contribution < 1.29 is 4.79 Å². The van der Waals surface area contributed by atoms with E-state index in [4.69, 9.17) is 11.6 Å². The number of aromatic nitrogens is 1. The number of nitrogens with zero attached hydrogens (tertiary/aromatic N) is 1. The van der Waals surface area contributed by atoms with Gasteiger partial charge in [0.15, 0.2) is 5.78 Å². The van der Waals surface area contributed by atoms with E-state index in [2.05, 4.69) is 0 Å². The van der Waals surface area contributed by atoms with Gasteiger partial charge in [0.05, 0.1) is 17.1 Å². The lowest BCUT2D eigenvalue weighted by Gasteiger charge is -2.06. The second-order valence-electron chi connectivity index (χ2n) is 4.87. The minimum Gasteiger partial charge on any atom is -0.338 e. The monoisotopic (exact) mass is 303 g/mol. The van der Waals surface area contributed by atoms with Crippen molar-refractivity contribution in [1.29, 1.82) is 0 Å². The smallest absolute Gasteiger partial charge is 0.183 e. The fraction of sp³-hybridized carbons (Fsp3) is 0.188. The van der Waals surface area contributed by atoms with Gasteiger partial charge < -0.3 is 4.57 Å². The molecule has 2 nitrogen and oxygen atoms in total. The summed E-state index contributed by atoms with van der Waals surface area (Å²) in [5.41, 5.74) is 1.74. The van der Waals surface area contributed by atoms with Crippen LogP contribution >= 0.6 is 22.9 Å². The number of hydrogen-bond acceptors (Lipinski definition) is 2. The number of para-hydroxylation sites is 1. The second-order valence-corrected chi connectivity index (χ2v) is 6.74. The maximum Gasteiger partial charge on any atom is 0.183 e. The minimum atomic E-state index is 0.129. The molecule has 4 heteroatoms. The highest BCUT2D eigenvalue weighted by Crippen LogP contribution is 2.26. The second kappa shape index (κ2) is 5.08. The van der Waals surface area contributed by atoms with Gasteiger partial charge in [0.25, 0.3) is 0 Å². The summed E-state index contributed by atoms with van der Waals surface area (Å²) in [6, 6.07) is 9.73. The topological polar surface area (TPSA) is 22.0 Å². The summed E-state index contributed by atoms with van der Waals surface area (Å²) in [7, 11) is 0. The van der Waals surface area contributed by atoms with E-state index < -0.39 is 0 Å². The number of carbonyl (C=O) groups is 1. The lowest BCUT2D eigenvalue weighted by molar-refractivity contribution is 0.0973. The number of halogens is 1. The Labute approximate surface area is 126 Å². The normalized spacial score (nSPS) is 11.2. The molecule has 0 radical (unpaired) electrons. The molecule has 0 atom stereocenters. The Hall–Kier alpha value is -1.58. The summed E-state index contributed by atoms with van der Waals surface area (Å²) in [6.45, 7) is 4.34. The minimum absolute atomic E-state index is 0.129. The van der Waals surface area contributed by atoms with Crippen LogP contribution in [0.1, 0.15) is 20.1 Å². The molecule has 0 aliphatic rings. The Morgan fingerprint density at radius 2 is 2.10 bits per heavy atom. The van der Waals surface area contributed by atoms with E-state index in [1.54, 1.807) is 11.3 Å². The molecule has 0 aliphatic heterocycles. The summed E-state index contributed by atoms with van der Waals surface area (Å²) in [4.78, 5) is 14.7. The average Bonchev–Trinajstić information content (AvgIpc) is 2.94. The van der Waals surface area contributed by atoms with E-state index in [9.17, 15) is 4.79 Å². The van der Waals surface area contributed by atoms with Crippen LogP contribution in [-0.4, -0.2) is 10.4 Å². The quantitative estimate of drug-likeness (QED) is 0.634. The molecule has 0 fully saturated rings. The zero-order valence-corrected chi connectivity index (χ0v) is 12.9. The van der Waals surface area contributed by atoms with Crippen LogP contribution in [0.25, 0.3) is 10.9 Å². The van der Waals surface area contributed by atoms with E-state index in [0.717, 1.165) is 21.3 Å². The maximum atomic E-state index is 12.4. The highest BCUT2D eigenvalue weighted by Gasteiger charge is 2.14. The Morgan fingerprint density at radius 1 is 1.30 bits per heavy atom. The number of carbonyl (C=O) groups excluding carboxylic acids is 1. The van der Waals surface area contributed by atoms with Crippen LogP contribution in [0.3, 0.4) is 0 Å². The fourth-order valence-corrected chi connectivity index (χ4v) is 3.73. The lowest BCUT2D eigenvalue weighted by Crippen LogP contribution is -2.09. The van der Waals surface area contributed by atoms with E-state index in [1.807, 2.05) is 54.9 Å². The van der Waals surface area contributed by atoms with Gasteiger partial charge in [-0.2, -0.15) is 0 Å². The molecule has 0 amide bonds. The third-order valence-electron chi connectivity index (χ3n) is 3.39. The van der Waals surface area contributed by atoms with Gasteiger partial charge >= 0.3 is 0 Å². The van der Waals surface area contributed by atoms with Crippen molar-refractivity contribution in [2.24, 2.45) is 0 Å². The van der Waals surface area contributed by atoms with Gasteiger partial charge in [0.1, 0.15) is 0 Å². The third kappa shape index (κ3) is 2.28. The lowest BCUT2D eigenvalue weighted by atomic mass is 10.1. The Morgan fingerprint density at radius 3 is 2.80 bits per heavy atom. The van der Waals surface area contributed by atoms with Crippen LogP contribution < -0.4 is 0 Å². The maximum absolute atomic E-state index is 12.4. The summed E-state index contributed by atoms with van der Waals surface area (Å²) in [6.07, 6.45) is 1.92. The average molecular weight is 304 g/mol. The highest BCUT2D eigenvalue weighted by molar-refractivity contribution is 7.12. The molecule has 0 spiro atoms. The largest absolute Gasteiger partial charge is 0.338 e. The van der Waals surface area contributed by atoms with E-state index >= 15 is 0 Å². The van der Waals surface area contributed by atoms with Crippen molar-refractivity contribution in [2.45, 2.75) is 20.4 Å². The van der Waals surface area contributed by atoms with E-state index in [1.165, 1.54) is 4.88 Å². The summed E-state index contributed by atoms with van der Waals surface area (Å²) in [5.74, 6) is 0.129. The summed E-state index contributed by atoms with van der Waals surface area (Å²) in [5, 5.41) is 1.74. The van der Waals surface area contributed by atoms with Crippen LogP contribution in [-0.2, 0) is 6.54 Å². The first-order valence-electron chi connectivity index (χ1n) is 6.40. The van der Waals surface area contributed by atoms with E-state index in [-0.39, 0.29) is 5.78 Å². The molecule has 20 heavy (non-hydrogen) atoms. The van der Waals surface area contributed by atoms with E-state index in [0.29, 0.717) is 11.6 Å². The molecule has 102 valence electrons. The van der Waals surface area contributed by atoms with Gasteiger partial charge in [-0.3, -0.25) is 4.79 Å². The van der Waals surface area contributed by atoms with Crippen LogP contribution in [0.15, 0.2) is 36.5 Å². The first-order valence-corrected chi connectivity index (χ1v) is 7.59. The van der Waals surface area contributed by atoms with Crippen molar-refractivity contribution in [1.82, 2.24) is 4.57 Å². The van der Waals surface area contributed by atoms with Crippen LogP contribution in [0, 0.1) is 13.8 Å². The first-order chi connectivity index (χ1) is 9.56. The summed E-state index contributed by atoms with van der Waals surface area (Å²) >= 11 is 7.90. The molecule has 0 bridgehead atoms. The number of Topliss-reactive ketones (excluding diaryl/α,β-unsaturated/α-hetero) is 1. The predicted molar refractivity (Wildman–Crippen MR) is 85.1 cm³/mol. The van der Waals surface area contributed by atoms with Crippen LogP contribution in [0.5, 0.6) is 0 Å². The van der Waals surface area contributed by atoms with Crippen LogP contribution in [0.2, 0.25) is 5.02 Å². The fourth-order valence-electron chi connectivity index (χ4n) is 2.49. The number of hydrogen-bond donors (Lipinski definition) is 0. The molecule has 3 rings (SSSR count). The Bertz CT molecular complexity index is 800. The molecule has 3 aromatic rings. The molecular weight excluding hydrogens is 290 g/mol. The van der Waals surface area contributed by atoms with Gasteiger partial charge in [0.2, 0.25) is 0 Å². The molecular formula is C16H14ClNOS. The molecule has 0 unspecified atom stereocenters. The van der Waals surface area contributed by atoms with Gasteiger partial charge in [-0.25, -0.2) is 0 Å². The zero-order valence-electron chi connectivity index (χ0n) is 11.3. The molecule has 0 saturated carbocycles. The third-order valence-corrected chi connectivity index (χ3v) is 4.67. The highest BCUT2D eigenvalue weighted by atomic mass is 35.5. The van der Waals surface area contributed by atoms with Gasteiger partial charge in [-0.05, 0) is 32.0 Å². The molecule has 0 saturated heterocycles. The summed E-state index contributed by atoms with van der Waals surface area (Å²) < 4.78 is 1.92. The number of rotatable bonds is 3. The van der Waals surface area contributed by atoms with Crippen molar-refractivity contribution in [2.75, 3.05) is 0 Å². The van der Waals surface area contributed by atoms with Gasteiger partial charge in [-0.15, -0.1) is 11.3 Å². The Kier molecular flexibility index (Phi) is 3.40. The zero-order chi connectivity index (χ0) is 14.3. The van der Waals surface area contributed by atoms with Gasteiger partial charge in [-0.1, -0.05) is 23.7 Å². The SMILES string of the molecule is Cc1cc(C(=O)Cn2ccc3cccc(Cl)c32)c(C)s1. The van der Waals surface area contributed by atoms with Crippen molar-refractivity contribution in [3.05, 3.63) is 56.9 Å². The van der Waals surface area contributed by atoms with Crippen LogP contribution in [0.4, 0.5) is 0 Å². The molecule has 2 aromatic heterocycles. The predicted octanol–water partition coefficient (Wildman–Crippen LogP) is 4.86. The molecule has 0 N–H and O–H groups in total. The molecule has 1 aromatic carbocycles. The van der Waals surface area contributed by atoms with Crippen molar-refractivity contribution >= 4 is 39.6 Å². The number of ketones is 1. The van der Waals surface area contributed by atoms with Crippen molar-refractivity contribution in [3.63, 3.8) is 0 Å². The first kappa shape index (κ1) is 13.4. The Balaban J connectivity index is 1.97. The standard InChI is InChI=1S/C16H14ClNOS/c1-10-8-13(11(2)20-10)15(19)9-18-7-6-12-4-3-5-14(17)16(12)18/h3-8H,9H2,1-2H3.